The number of amides is 1. The van der Waals surface area contributed by atoms with Gasteiger partial charge in [0, 0.05) is 53.2 Å². The second kappa shape index (κ2) is 8.56. The fourth-order valence-corrected chi connectivity index (χ4v) is 5.49. The maximum absolute atomic E-state index is 12.7. The highest BCUT2D eigenvalue weighted by Crippen LogP contribution is 2.26. The van der Waals surface area contributed by atoms with Gasteiger partial charge in [-0.3, -0.25) is 9.69 Å². The van der Waals surface area contributed by atoms with E-state index in [0.29, 0.717) is 5.69 Å². The van der Waals surface area contributed by atoms with Crippen molar-refractivity contribution >= 4 is 46.0 Å². The van der Waals surface area contributed by atoms with Crippen molar-refractivity contribution in [3.05, 3.63) is 57.2 Å². The van der Waals surface area contributed by atoms with E-state index in [1.165, 1.54) is 28.4 Å². The zero-order chi connectivity index (χ0) is 18.6. The van der Waals surface area contributed by atoms with E-state index < -0.39 is 0 Å². The van der Waals surface area contributed by atoms with Crippen LogP contribution < -0.4 is 5.32 Å². The van der Waals surface area contributed by atoms with E-state index in [9.17, 15) is 4.79 Å². The predicted molar refractivity (Wildman–Crippen MR) is 117 cm³/mol. The van der Waals surface area contributed by atoms with Gasteiger partial charge >= 0.3 is 0 Å². The zero-order valence-corrected chi connectivity index (χ0v) is 17.6. The Balaban J connectivity index is 1.46. The number of aromatic nitrogens is 1. The summed E-state index contributed by atoms with van der Waals surface area (Å²) in [6.45, 7) is 5.21. The molecule has 4 rings (SSSR count). The van der Waals surface area contributed by atoms with Gasteiger partial charge in [-0.05, 0) is 35.6 Å². The van der Waals surface area contributed by atoms with Crippen molar-refractivity contribution in [3.63, 3.8) is 0 Å². The minimum atomic E-state index is -0.151. The SMILES string of the molecule is Cc1ccc(CN2CCSCC2)cc1NC(=O)c1csc(-c2ccsc2)n1. The van der Waals surface area contributed by atoms with E-state index in [2.05, 4.69) is 33.4 Å². The minimum Gasteiger partial charge on any atom is -0.320 e. The van der Waals surface area contributed by atoms with Crippen LogP contribution >= 0.6 is 34.4 Å². The Bertz CT molecular complexity index is 914. The Hall–Kier alpha value is -1.67. The van der Waals surface area contributed by atoms with Gasteiger partial charge < -0.3 is 5.32 Å². The third-order valence-corrected chi connectivity index (χ3v) is 7.08. The van der Waals surface area contributed by atoms with Gasteiger partial charge in [-0.25, -0.2) is 4.98 Å². The van der Waals surface area contributed by atoms with Crippen LogP contribution in [-0.2, 0) is 6.54 Å². The smallest absolute Gasteiger partial charge is 0.275 e. The topological polar surface area (TPSA) is 45.2 Å². The lowest BCUT2D eigenvalue weighted by Crippen LogP contribution is -2.32. The maximum Gasteiger partial charge on any atom is 0.275 e. The van der Waals surface area contributed by atoms with Crippen LogP contribution in [0.4, 0.5) is 5.69 Å². The molecule has 140 valence electrons. The first-order valence-corrected chi connectivity index (χ1v) is 11.9. The standard InChI is InChI=1S/C20H21N3OS3/c1-14-2-3-15(11-23-5-8-25-9-6-23)10-17(14)21-19(24)18-13-27-20(22-18)16-4-7-26-12-16/h2-4,7,10,12-13H,5-6,8-9,11H2,1H3,(H,21,24). The van der Waals surface area contributed by atoms with Gasteiger partial charge in [0.25, 0.3) is 5.91 Å². The normalized spacial score (nSPS) is 15.0. The lowest BCUT2D eigenvalue weighted by Gasteiger charge is -2.26. The molecular weight excluding hydrogens is 394 g/mol. The summed E-state index contributed by atoms with van der Waals surface area (Å²) in [5.41, 5.74) is 4.71. The van der Waals surface area contributed by atoms with E-state index in [1.807, 2.05) is 40.9 Å². The molecule has 3 heterocycles. The molecule has 27 heavy (non-hydrogen) atoms. The molecule has 1 N–H and O–H groups in total. The molecule has 0 bridgehead atoms. The van der Waals surface area contributed by atoms with Crippen molar-refractivity contribution in [2.45, 2.75) is 13.5 Å². The summed E-state index contributed by atoms with van der Waals surface area (Å²) in [5.74, 6) is 2.25. The molecule has 1 aliphatic heterocycles. The summed E-state index contributed by atoms with van der Waals surface area (Å²) in [7, 11) is 0. The van der Waals surface area contributed by atoms with Gasteiger partial charge in [0.05, 0.1) is 0 Å². The van der Waals surface area contributed by atoms with Gasteiger partial charge in [-0.2, -0.15) is 23.1 Å². The summed E-state index contributed by atoms with van der Waals surface area (Å²) in [5, 5.41) is 9.83. The average molecular weight is 416 g/mol. The first-order chi connectivity index (χ1) is 13.2. The van der Waals surface area contributed by atoms with E-state index in [-0.39, 0.29) is 5.91 Å². The fraction of sp³-hybridized carbons (Fsp3) is 0.300. The van der Waals surface area contributed by atoms with Crippen LogP contribution in [0.25, 0.3) is 10.6 Å². The van der Waals surface area contributed by atoms with E-state index in [0.717, 1.165) is 41.5 Å². The van der Waals surface area contributed by atoms with Crippen molar-refractivity contribution in [3.8, 4) is 10.6 Å². The highest BCUT2D eigenvalue weighted by Gasteiger charge is 2.15. The number of rotatable bonds is 5. The highest BCUT2D eigenvalue weighted by molar-refractivity contribution is 7.99. The van der Waals surface area contributed by atoms with Crippen molar-refractivity contribution < 1.29 is 4.79 Å². The third-order valence-electron chi connectivity index (χ3n) is 4.57. The molecule has 0 spiro atoms. The molecule has 3 aromatic rings. The molecule has 1 saturated heterocycles. The second-order valence-electron chi connectivity index (χ2n) is 6.54. The third kappa shape index (κ3) is 4.60. The number of aryl methyl sites for hydroxylation is 1. The number of anilines is 1. The monoisotopic (exact) mass is 415 g/mol. The number of hydrogen-bond donors (Lipinski definition) is 1. The minimum absolute atomic E-state index is 0.151. The number of thiazole rings is 1. The van der Waals surface area contributed by atoms with E-state index in [1.54, 1.807) is 11.3 Å². The number of thiophene rings is 1. The van der Waals surface area contributed by atoms with E-state index in [4.69, 9.17) is 0 Å². The Morgan fingerprint density at radius 1 is 1.22 bits per heavy atom. The number of benzene rings is 1. The lowest BCUT2D eigenvalue weighted by molar-refractivity contribution is 0.102. The highest BCUT2D eigenvalue weighted by atomic mass is 32.2. The molecule has 1 fully saturated rings. The van der Waals surface area contributed by atoms with Gasteiger partial charge in [0.1, 0.15) is 10.7 Å². The van der Waals surface area contributed by atoms with Gasteiger partial charge in [-0.1, -0.05) is 12.1 Å². The quantitative estimate of drug-likeness (QED) is 0.638. The Labute approximate surface area is 171 Å². The molecule has 4 nitrogen and oxygen atoms in total. The fourth-order valence-electron chi connectivity index (χ4n) is 3.00. The molecular formula is C20H21N3OS3. The molecule has 2 aromatic heterocycles. The lowest BCUT2D eigenvalue weighted by atomic mass is 10.1. The number of thioether (sulfide) groups is 1. The molecule has 7 heteroatoms. The van der Waals surface area contributed by atoms with E-state index >= 15 is 0 Å². The van der Waals surface area contributed by atoms with Crippen molar-refractivity contribution in [1.82, 2.24) is 9.88 Å². The van der Waals surface area contributed by atoms with Crippen LogP contribution in [-0.4, -0.2) is 40.4 Å². The van der Waals surface area contributed by atoms with Gasteiger partial charge in [0.15, 0.2) is 0 Å². The molecule has 0 unspecified atom stereocenters. The molecule has 1 aliphatic rings. The molecule has 0 atom stereocenters. The number of carbonyl (C=O) groups is 1. The van der Waals surface area contributed by atoms with Crippen LogP contribution in [0, 0.1) is 6.92 Å². The Kier molecular flexibility index (Phi) is 5.92. The number of hydrogen-bond acceptors (Lipinski definition) is 6. The molecule has 0 saturated carbocycles. The summed E-state index contributed by atoms with van der Waals surface area (Å²) in [6, 6.07) is 8.37. The van der Waals surface area contributed by atoms with Gasteiger partial charge in [0.2, 0.25) is 0 Å². The molecule has 0 radical (unpaired) electrons. The predicted octanol–water partition coefficient (Wildman–Crippen LogP) is 4.98. The van der Waals surface area contributed by atoms with Crippen LogP contribution in [0.3, 0.4) is 0 Å². The first kappa shape index (κ1) is 18.7. The summed E-state index contributed by atoms with van der Waals surface area (Å²) < 4.78 is 0. The van der Waals surface area contributed by atoms with Crippen molar-refractivity contribution in [1.29, 1.82) is 0 Å². The Morgan fingerprint density at radius 2 is 2.07 bits per heavy atom. The summed E-state index contributed by atoms with van der Waals surface area (Å²) in [6.07, 6.45) is 0. The zero-order valence-electron chi connectivity index (χ0n) is 15.1. The number of carbonyl (C=O) groups excluding carboxylic acids is 1. The average Bonchev–Trinajstić information content (AvgIpc) is 3.36. The summed E-state index contributed by atoms with van der Waals surface area (Å²) >= 11 is 5.15. The van der Waals surface area contributed by atoms with Crippen LogP contribution in [0.1, 0.15) is 21.6 Å². The van der Waals surface area contributed by atoms with Crippen LogP contribution in [0.2, 0.25) is 0 Å². The first-order valence-electron chi connectivity index (χ1n) is 8.88. The Morgan fingerprint density at radius 3 is 2.85 bits per heavy atom. The van der Waals surface area contributed by atoms with Gasteiger partial charge in [-0.15, -0.1) is 11.3 Å². The largest absolute Gasteiger partial charge is 0.320 e. The van der Waals surface area contributed by atoms with Crippen LogP contribution in [0.15, 0.2) is 40.4 Å². The van der Waals surface area contributed by atoms with Crippen molar-refractivity contribution in [2.75, 3.05) is 29.9 Å². The molecule has 1 aromatic carbocycles. The molecule has 0 aliphatic carbocycles. The maximum atomic E-state index is 12.7. The van der Waals surface area contributed by atoms with Crippen LogP contribution in [0.5, 0.6) is 0 Å². The van der Waals surface area contributed by atoms with Crippen molar-refractivity contribution in [2.24, 2.45) is 0 Å². The second-order valence-corrected chi connectivity index (χ2v) is 9.40. The number of nitrogens with one attached hydrogen (secondary N) is 1. The summed E-state index contributed by atoms with van der Waals surface area (Å²) in [4.78, 5) is 19.6. The molecule has 1 amide bonds. The number of nitrogens with zero attached hydrogens (tertiary/aromatic N) is 2.